The molecule has 0 aliphatic rings. The Kier molecular flexibility index (Phi) is 4.68. The molecule has 6 heteroatoms. The van der Waals surface area contributed by atoms with Crippen LogP contribution in [-0.2, 0) is 4.79 Å². The van der Waals surface area contributed by atoms with Gasteiger partial charge in [0.1, 0.15) is 11.5 Å². The number of benzene rings is 1. The Labute approximate surface area is 121 Å². The zero-order valence-electron chi connectivity index (χ0n) is 11.5. The van der Waals surface area contributed by atoms with E-state index in [-0.39, 0.29) is 5.91 Å². The molecule has 0 unspecified atom stereocenters. The number of amides is 1. The molecule has 0 radical (unpaired) electrons. The van der Waals surface area contributed by atoms with Crippen LogP contribution in [0.2, 0.25) is 0 Å². The van der Waals surface area contributed by atoms with Gasteiger partial charge in [0.2, 0.25) is 0 Å². The largest absolute Gasteiger partial charge is 0.481 e. The Bertz CT molecular complexity index is 580. The van der Waals surface area contributed by atoms with Crippen LogP contribution in [-0.4, -0.2) is 23.4 Å². The van der Waals surface area contributed by atoms with Crippen molar-refractivity contribution in [2.45, 2.75) is 24.8 Å². The number of carbonyl (C=O) groups is 1. The first-order chi connectivity index (χ1) is 9.58. The van der Waals surface area contributed by atoms with E-state index in [1.807, 2.05) is 30.5 Å². The van der Waals surface area contributed by atoms with Gasteiger partial charge < -0.3 is 14.6 Å². The number of rotatable bonds is 5. The van der Waals surface area contributed by atoms with E-state index in [2.05, 4.69) is 10.5 Å². The Morgan fingerprint density at radius 2 is 2.10 bits per heavy atom. The third-order valence-corrected chi connectivity index (χ3v) is 3.36. The van der Waals surface area contributed by atoms with Crippen molar-refractivity contribution in [1.29, 1.82) is 0 Å². The number of carbonyl (C=O) groups excluding carboxylic acids is 1. The number of nitrogens with one attached hydrogen (secondary N) is 1. The SMILES string of the molecule is CSc1ccc(O[C@@H](C)C(=O)Nc2cc(C)on2)cc1. The molecule has 0 spiro atoms. The van der Waals surface area contributed by atoms with Crippen LogP contribution in [0.3, 0.4) is 0 Å². The molecule has 0 bridgehead atoms. The minimum atomic E-state index is -0.618. The van der Waals surface area contributed by atoms with E-state index in [1.54, 1.807) is 31.7 Å². The molecule has 1 aromatic heterocycles. The molecule has 2 rings (SSSR count). The molecule has 20 heavy (non-hydrogen) atoms. The van der Waals surface area contributed by atoms with Gasteiger partial charge in [-0.1, -0.05) is 5.16 Å². The quantitative estimate of drug-likeness (QED) is 0.858. The van der Waals surface area contributed by atoms with Crippen molar-refractivity contribution < 1.29 is 14.1 Å². The lowest BCUT2D eigenvalue weighted by molar-refractivity contribution is -0.122. The minimum absolute atomic E-state index is 0.271. The zero-order valence-corrected chi connectivity index (χ0v) is 12.4. The van der Waals surface area contributed by atoms with Crippen LogP contribution < -0.4 is 10.1 Å². The summed E-state index contributed by atoms with van der Waals surface area (Å²) in [5.41, 5.74) is 0. The predicted molar refractivity (Wildman–Crippen MR) is 78.2 cm³/mol. The first-order valence-corrected chi connectivity index (χ1v) is 7.36. The summed E-state index contributed by atoms with van der Waals surface area (Å²) in [5.74, 6) is 1.41. The summed E-state index contributed by atoms with van der Waals surface area (Å²) in [7, 11) is 0. The summed E-state index contributed by atoms with van der Waals surface area (Å²) in [5, 5.41) is 6.34. The third-order valence-electron chi connectivity index (χ3n) is 2.62. The number of aromatic nitrogens is 1. The van der Waals surface area contributed by atoms with E-state index in [4.69, 9.17) is 9.26 Å². The average Bonchev–Trinajstić information content (AvgIpc) is 2.85. The van der Waals surface area contributed by atoms with Crippen LogP contribution in [0.15, 0.2) is 39.8 Å². The number of nitrogens with zero attached hydrogens (tertiary/aromatic N) is 1. The molecule has 0 fully saturated rings. The number of anilines is 1. The molecular weight excluding hydrogens is 276 g/mol. The summed E-state index contributed by atoms with van der Waals surface area (Å²) >= 11 is 1.65. The van der Waals surface area contributed by atoms with E-state index in [9.17, 15) is 4.79 Å². The fraction of sp³-hybridized carbons (Fsp3) is 0.286. The lowest BCUT2D eigenvalue weighted by Gasteiger charge is -2.13. The molecule has 0 saturated carbocycles. The summed E-state index contributed by atoms with van der Waals surface area (Å²) < 4.78 is 10.5. The van der Waals surface area contributed by atoms with Gasteiger partial charge in [0.05, 0.1) is 0 Å². The van der Waals surface area contributed by atoms with Crippen molar-refractivity contribution in [3.8, 4) is 5.75 Å². The normalized spacial score (nSPS) is 11.9. The number of ether oxygens (including phenoxy) is 1. The standard InChI is InChI=1S/C14H16N2O3S/c1-9-8-13(16-19-9)15-14(17)10(2)18-11-4-6-12(20-3)7-5-11/h4-8,10H,1-3H3,(H,15,16,17)/t10-/m0/s1. The van der Waals surface area contributed by atoms with Crippen molar-refractivity contribution in [2.75, 3.05) is 11.6 Å². The molecule has 2 aromatic rings. The molecule has 0 aliphatic heterocycles. The Morgan fingerprint density at radius 1 is 1.40 bits per heavy atom. The van der Waals surface area contributed by atoms with Crippen molar-refractivity contribution in [1.82, 2.24) is 5.16 Å². The van der Waals surface area contributed by atoms with E-state index < -0.39 is 6.10 Å². The van der Waals surface area contributed by atoms with Crippen LogP contribution in [0.4, 0.5) is 5.82 Å². The van der Waals surface area contributed by atoms with Crippen LogP contribution in [0.25, 0.3) is 0 Å². The molecule has 5 nitrogen and oxygen atoms in total. The smallest absolute Gasteiger partial charge is 0.266 e. The summed E-state index contributed by atoms with van der Waals surface area (Å²) in [4.78, 5) is 13.1. The van der Waals surface area contributed by atoms with E-state index >= 15 is 0 Å². The number of thioether (sulfide) groups is 1. The highest BCUT2D eigenvalue weighted by Crippen LogP contribution is 2.20. The second-order valence-electron chi connectivity index (χ2n) is 4.25. The van der Waals surface area contributed by atoms with Gasteiger partial charge in [0, 0.05) is 11.0 Å². The first-order valence-electron chi connectivity index (χ1n) is 6.13. The average molecular weight is 292 g/mol. The van der Waals surface area contributed by atoms with Crippen LogP contribution >= 0.6 is 11.8 Å². The van der Waals surface area contributed by atoms with Gasteiger partial charge in [-0.3, -0.25) is 4.79 Å². The fourth-order valence-electron chi connectivity index (χ4n) is 1.57. The maximum Gasteiger partial charge on any atom is 0.266 e. The lowest BCUT2D eigenvalue weighted by Crippen LogP contribution is -2.30. The van der Waals surface area contributed by atoms with Gasteiger partial charge in [0.15, 0.2) is 11.9 Å². The second kappa shape index (κ2) is 6.47. The summed E-state index contributed by atoms with van der Waals surface area (Å²) in [6.45, 7) is 3.45. The van der Waals surface area contributed by atoms with E-state index in [0.717, 1.165) is 4.90 Å². The Morgan fingerprint density at radius 3 is 2.65 bits per heavy atom. The number of hydrogen-bond acceptors (Lipinski definition) is 5. The zero-order chi connectivity index (χ0) is 14.5. The van der Waals surface area contributed by atoms with Crippen molar-refractivity contribution in [3.05, 3.63) is 36.1 Å². The Balaban J connectivity index is 1.92. The molecule has 1 N–H and O–H groups in total. The molecule has 1 aromatic carbocycles. The highest BCUT2D eigenvalue weighted by molar-refractivity contribution is 7.98. The topological polar surface area (TPSA) is 64.4 Å². The van der Waals surface area contributed by atoms with Crippen molar-refractivity contribution in [2.24, 2.45) is 0 Å². The summed E-state index contributed by atoms with van der Waals surface area (Å²) in [6.07, 6.45) is 1.39. The molecule has 0 saturated heterocycles. The summed E-state index contributed by atoms with van der Waals surface area (Å²) in [6, 6.07) is 9.24. The molecule has 0 aliphatic carbocycles. The molecule has 1 atom stereocenters. The highest BCUT2D eigenvalue weighted by Gasteiger charge is 2.16. The fourth-order valence-corrected chi connectivity index (χ4v) is 1.97. The molecule has 106 valence electrons. The minimum Gasteiger partial charge on any atom is -0.481 e. The number of hydrogen-bond donors (Lipinski definition) is 1. The maximum absolute atomic E-state index is 11.9. The van der Waals surface area contributed by atoms with Crippen LogP contribution in [0.1, 0.15) is 12.7 Å². The van der Waals surface area contributed by atoms with Crippen LogP contribution in [0, 0.1) is 6.92 Å². The highest BCUT2D eigenvalue weighted by atomic mass is 32.2. The van der Waals surface area contributed by atoms with Crippen molar-refractivity contribution in [3.63, 3.8) is 0 Å². The monoisotopic (exact) mass is 292 g/mol. The van der Waals surface area contributed by atoms with Gasteiger partial charge in [0.25, 0.3) is 5.91 Å². The lowest BCUT2D eigenvalue weighted by atomic mass is 10.3. The number of aryl methyl sites for hydroxylation is 1. The van der Waals surface area contributed by atoms with Crippen LogP contribution in [0.5, 0.6) is 5.75 Å². The van der Waals surface area contributed by atoms with E-state index in [0.29, 0.717) is 17.3 Å². The van der Waals surface area contributed by atoms with Gasteiger partial charge in [-0.05, 0) is 44.4 Å². The van der Waals surface area contributed by atoms with Gasteiger partial charge >= 0.3 is 0 Å². The molecular formula is C14H16N2O3S. The molecule has 1 heterocycles. The van der Waals surface area contributed by atoms with Gasteiger partial charge in [-0.2, -0.15) is 0 Å². The third kappa shape index (κ3) is 3.77. The van der Waals surface area contributed by atoms with Gasteiger partial charge in [-0.25, -0.2) is 0 Å². The van der Waals surface area contributed by atoms with E-state index in [1.165, 1.54) is 0 Å². The predicted octanol–water partition coefficient (Wildman–Crippen LogP) is 3.11. The first kappa shape index (κ1) is 14.5. The molecule has 1 amide bonds. The van der Waals surface area contributed by atoms with Crippen molar-refractivity contribution >= 4 is 23.5 Å². The second-order valence-corrected chi connectivity index (χ2v) is 5.13. The van der Waals surface area contributed by atoms with Gasteiger partial charge in [-0.15, -0.1) is 11.8 Å². The Hall–Kier alpha value is -1.95. The maximum atomic E-state index is 11.9.